The molecule has 0 heterocycles. The van der Waals surface area contributed by atoms with Gasteiger partial charge in [0.2, 0.25) is 0 Å². The average Bonchev–Trinajstić information content (AvgIpc) is 3.95. The predicted molar refractivity (Wildman–Crippen MR) is 221 cm³/mol. The molecule has 0 saturated heterocycles. The molecule has 0 N–H and O–H groups in total. The van der Waals surface area contributed by atoms with Gasteiger partial charge in [-0.15, -0.1) is 86.0 Å². The van der Waals surface area contributed by atoms with Crippen molar-refractivity contribution in [2.75, 3.05) is 0 Å². The molecule has 9 heteroatoms. The number of rotatable bonds is 0. The molecule has 312 valence electrons. The van der Waals surface area contributed by atoms with Gasteiger partial charge in [-0.1, -0.05) is 92.2 Å². The first kappa shape index (κ1) is 73.4. The van der Waals surface area contributed by atoms with Gasteiger partial charge in [0.1, 0.15) is 0 Å². The maximum Gasteiger partial charge on any atom is 4.00 e. The Morgan fingerprint density at radius 2 is 0.763 bits per heavy atom. The Kier molecular flexibility index (Phi) is 45.2. The van der Waals surface area contributed by atoms with Gasteiger partial charge in [0.25, 0.3) is 0 Å². The Balaban J connectivity index is -0.000000108. The number of benzene rings is 2. The summed E-state index contributed by atoms with van der Waals surface area (Å²) >= 11 is 0. The fourth-order valence-electron chi connectivity index (χ4n) is 5.98. The second-order valence-corrected chi connectivity index (χ2v) is 14.5. The van der Waals surface area contributed by atoms with Crippen LogP contribution in [0.1, 0.15) is 95.9 Å². The van der Waals surface area contributed by atoms with E-state index in [9.17, 15) is 0 Å². The molecule has 59 heavy (non-hydrogen) atoms. The van der Waals surface area contributed by atoms with Crippen LogP contribution in [-0.2, 0) is 78.6 Å². The van der Waals surface area contributed by atoms with E-state index in [4.69, 9.17) is 0 Å². The molecule has 0 amide bonds. The van der Waals surface area contributed by atoms with Gasteiger partial charge in [0, 0.05) is 0 Å². The Morgan fingerprint density at radius 3 is 0.932 bits per heavy atom. The van der Waals surface area contributed by atoms with Crippen molar-refractivity contribution >= 4 is 21.5 Å². The molecule has 8 rings (SSSR count). The fraction of sp³-hybridized carbons (Fsp3) is 0.320. The minimum atomic E-state index is 0. The fourth-order valence-corrected chi connectivity index (χ4v) is 5.98. The zero-order chi connectivity index (χ0) is 36.9. The maximum absolute atomic E-state index is 3.44. The number of fused-ring (bicyclic) bond motifs is 2. The van der Waals surface area contributed by atoms with Crippen LogP contribution in [0.3, 0.4) is 0 Å². The van der Waals surface area contributed by atoms with Gasteiger partial charge in [-0.2, -0.15) is 69.5 Å². The van der Waals surface area contributed by atoms with E-state index in [1.165, 1.54) is 66.1 Å². The van der Waals surface area contributed by atoms with Crippen LogP contribution in [0.25, 0.3) is 21.5 Å². The number of allylic oxidation sites excluding steroid dienone is 16. The standard InChI is InChI=1S/2C10H15.2C9H7.2C6H7.6ClH.3Zr/c2*1-7-6-10(4,5)9(3)8(7)2;2*1-2-5-9-7-3-6-8(9)4-1;2*1-6-4-2-3-5-6;;;;;;;;;/h2*1-5H3;2*1-7H;2*2,4H,3H2,1H3;6*1H;;;/q6*-1;;;;;;;3*+4/p-6. The summed E-state index contributed by atoms with van der Waals surface area (Å²) in [6, 6.07) is 29.3. The molecule has 0 bridgehead atoms. The zero-order valence-electron chi connectivity index (χ0n) is 36.6. The molecular weight excluding hydrogens is 1090 g/mol. The summed E-state index contributed by atoms with van der Waals surface area (Å²) in [5, 5.41) is 5.32. The predicted octanol–water partition coefficient (Wildman–Crippen LogP) is -3.25. The Bertz CT molecular complexity index is 1790. The first-order chi connectivity index (χ1) is 23.6. The first-order valence-electron chi connectivity index (χ1n) is 17.9. The van der Waals surface area contributed by atoms with Crippen molar-refractivity contribution in [1.29, 1.82) is 0 Å². The molecule has 0 spiro atoms. The molecular formula is C50H58Cl6Zr3. The van der Waals surface area contributed by atoms with Crippen LogP contribution in [0.4, 0.5) is 0 Å². The topological polar surface area (TPSA) is 0 Å². The van der Waals surface area contributed by atoms with Crippen molar-refractivity contribution in [3.63, 3.8) is 0 Å². The van der Waals surface area contributed by atoms with Crippen LogP contribution in [0.15, 0.2) is 154 Å². The number of halogens is 6. The van der Waals surface area contributed by atoms with Crippen LogP contribution in [0, 0.1) is 35.1 Å². The van der Waals surface area contributed by atoms with Crippen molar-refractivity contribution in [3.8, 4) is 0 Å². The van der Waals surface area contributed by atoms with Crippen LogP contribution < -0.4 is 74.4 Å². The molecule has 0 saturated carbocycles. The van der Waals surface area contributed by atoms with E-state index >= 15 is 0 Å². The van der Waals surface area contributed by atoms with E-state index < -0.39 is 0 Å². The van der Waals surface area contributed by atoms with Crippen LogP contribution in [0.5, 0.6) is 0 Å². The van der Waals surface area contributed by atoms with Crippen molar-refractivity contribution in [2.24, 2.45) is 10.8 Å². The molecule has 4 aliphatic rings. The molecule has 0 nitrogen and oxygen atoms in total. The monoisotopic (exact) mass is 1140 g/mol. The molecule has 4 aromatic rings. The SMILES string of the molecule is CC1=[C-]C(C)(C)C(C)=C1C.CC1=[C-]C(C)(C)C(C)=C1C.CC1=[C-]CC=C1.CC1=[C-]CC=C1.[Cl-].[Cl-].[Cl-].[Cl-].[Cl-].[Cl-].[Zr+4].[Zr+4].[Zr+4].c1ccc2[cH-]ccc2c1.c1ccc2[cH-]ccc2c1. The maximum atomic E-state index is 3.44. The Hall–Kier alpha value is -0.0306. The third-order valence-electron chi connectivity index (χ3n) is 9.95. The molecule has 4 aliphatic carbocycles. The van der Waals surface area contributed by atoms with E-state index in [-0.39, 0.29) is 164 Å². The summed E-state index contributed by atoms with van der Waals surface area (Å²) < 4.78 is 0. The number of hydrogen-bond donors (Lipinski definition) is 0. The van der Waals surface area contributed by atoms with Crippen LogP contribution >= 0.6 is 0 Å². The first-order valence-corrected chi connectivity index (χ1v) is 17.9. The summed E-state index contributed by atoms with van der Waals surface area (Å²) in [5.74, 6) is 0. The molecule has 0 unspecified atom stereocenters. The molecule has 0 radical (unpaired) electrons. The Labute approximate surface area is 454 Å². The Morgan fingerprint density at radius 1 is 0.458 bits per heavy atom. The summed E-state index contributed by atoms with van der Waals surface area (Å²) in [5.41, 5.74) is 11.3. The van der Waals surface area contributed by atoms with Gasteiger partial charge in [0.15, 0.2) is 0 Å². The molecule has 4 aromatic carbocycles. The summed E-state index contributed by atoms with van der Waals surface area (Å²) in [6.07, 6.45) is 23.5. The van der Waals surface area contributed by atoms with Crippen molar-refractivity contribution in [2.45, 2.75) is 95.9 Å². The van der Waals surface area contributed by atoms with Crippen molar-refractivity contribution < 1.29 is 153 Å². The minimum Gasteiger partial charge on any atom is -1.00 e. The summed E-state index contributed by atoms with van der Waals surface area (Å²) in [4.78, 5) is 0. The molecule has 0 aliphatic heterocycles. The zero-order valence-corrected chi connectivity index (χ0v) is 48.5. The van der Waals surface area contributed by atoms with Gasteiger partial charge in [0.05, 0.1) is 0 Å². The minimum absolute atomic E-state index is 0. The van der Waals surface area contributed by atoms with Crippen molar-refractivity contribution in [3.05, 3.63) is 178 Å². The van der Waals surface area contributed by atoms with Crippen molar-refractivity contribution in [1.82, 2.24) is 0 Å². The van der Waals surface area contributed by atoms with Crippen LogP contribution in [0.2, 0.25) is 0 Å². The van der Waals surface area contributed by atoms with E-state index in [0.717, 1.165) is 12.8 Å². The van der Waals surface area contributed by atoms with E-state index in [1.54, 1.807) is 0 Å². The number of hydrogen-bond acceptors (Lipinski definition) is 0. The summed E-state index contributed by atoms with van der Waals surface area (Å²) in [6.45, 7) is 26.0. The third-order valence-corrected chi connectivity index (χ3v) is 9.95. The van der Waals surface area contributed by atoms with Gasteiger partial charge < -0.3 is 74.4 Å². The average molecular weight is 1150 g/mol. The van der Waals surface area contributed by atoms with Gasteiger partial charge >= 0.3 is 78.6 Å². The van der Waals surface area contributed by atoms with Crippen LogP contribution in [-0.4, -0.2) is 0 Å². The van der Waals surface area contributed by atoms with E-state index in [0.29, 0.717) is 0 Å². The second-order valence-electron chi connectivity index (χ2n) is 14.5. The van der Waals surface area contributed by atoms with E-state index in [1.807, 2.05) is 0 Å². The smallest absolute Gasteiger partial charge is 1.00 e. The molecule has 0 atom stereocenters. The van der Waals surface area contributed by atoms with E-state index in [2.05, 4.69) is 217 Å². The van der Waals surface area contributed by atoms with Gasteiger partial charge in [-0.25, -0.2) is 34.4 Å². The third kappa shape index (κ3) is 24.6. The largest absolute Gasteiger partial charge is 4.00 e. The molecule has 0 fully saturated rings. The van der Waals surface area contributed by atoms with Gasteiger partial charge in [-0.3, -0.25) is 24.3 Å². The second kappa shape index (κ2) is 36.3. The summed E-state index contributed by atoms with van der Waals surface area (Å²) in [7, 11) is 0. The molecule has 0 aromatic heterocycles. The van der Waals surface area contributed by atoms with Gasteiger partial charge in [-0.05, 0) is 0 Å². The quantitative estimate of drug-likeness (QED) is 0.163. The normalized spacial score (nSPS) is 14.8.